The smallest absolute Gasteiger partial charge is 0.410 e. The van der Waals surface area contributed by atoms with Crippen LogP contribution >= 0.6 is 0 Å². The number of benzene rings is 2. The number of halogens is 5. The number of nitrogens with one attached hydrogen (secondary N) is 2. The number of nitrogen functional groups attached to an aromatic ring is 1. The maximum atomic E-state index is 15.4. The van der Waals surface area contributed by atoms with Crippen molar-refractivity contribution in [2.45, 2.75) is 25.7 Å². The number of H-pyrrole nitrogens is 1. The Labute approximate surface area is 206 Å². The number of rotatable bonds is 6. The lowest BCUT2D eigenvalue weighted by molar-refractivity contribution is -0.164. The van der Waals surface area contributed by atoms with E-state index in [-0.39, 0.29) is 40.1 Å². The molecule has 0 saturated carbocycles. The largest absolute Gasteiger partial charge is 0.496 e. The van der Waals surface area contributed by atoms with Crippen LogP contribution in [-0.4, -0.2) is 34.0 Å². The van der Waals surface area contributed by atoms with Crippen LogP contribution in [-0.2, 0) is 6.54 Å². The summed E-state index contributed by atoms with van der Waals surface area (Å²) in [6, 6.07) is 5.48. The van der Waals surface area contributed by atoms with Crippen molar-refractivity contribution in [1.29, 1.82) is 5.26 Å². The summed E-state index contributed by atoms with van der Waals surface area (Å²) in [6.07, 6.45) is -3.25. The van der Waals surface area contributed by atoms with Crippen LogP contribution in [0.5, 0.6) is 5.75 Å². The number of carbonyl (C=O) groups excluding carboxylic acids is 1. The molecule has 1 amide bonds. The topological polar surface area (TPSA) is 122 Å². The van der Waals surface area contributed by atoms with Crippen LogP contribution in [0.4, 0.5) is 27.8 Å². The van der Waals surface area contributed by atoms with E-state index in [1.54, 1.807) is 6.07 Å². The van der Waals surface area contributed by atoms with Gasteiger partial charge >= 0.3 is 6.18 Å². The fourth-order valence-corrected chi connectivity index (χ4v) is 3.94. The van der Waals surface area contributed by atoms with Crippen molar-refractivity contribution in [3.8, 4) is 23.1 Å². The van der Waals surface area contributed by atoms with Crippen molar-refractivity contribution >= 4 is 22.6 Å². The van der Waals surface area contributed by atoms with E-state index in [4.69, 9.17) is 10.5 Å². The van der Waals surface area contributed by atoms with Crippen molar-refractivity contribution in [3.05, 3.63) is 64.9 Å². The van der Waals surface area contributed by atoms with Crippen LogP contribution in [0.25, 0.3) is 22.2 Å². The van der Waals surface area contributed by atoms with Crippen LogP contribution in [0.1, 0.15) is 34.5 Å². The molecule has 0 fully saturated rings. The van der Waals surface area contributed by atoms with Crippen molar-refractivity contribution in [2.24, 2.45) is 0 Å². The van der Waals surface area contributed by atoms with Gasteiger partial charge in [0.05, 0.1) is 18.2 Å². The minimum atomic E-state index is -4.71. The molecule has 192 valence electrons. The lowest BCUT2D eigenvalue weighted by Crippen LogP contribution is -2.25. The molecule has 4 N–H and O–H groups in total. The van der Waals surface area contributed by atoms with Crippen LogP contribution < -0.4 is 15.8 Å². The third-order valence-corrected chi connectivity index (χ3v) is 5.86. The van der Waals surface area contributed by atoms with Gasteiger partial charge in [0.15, 0.2) is 0 Å². The second-order valence-corrected chi connectivity index (χ2v) is 8.07. The number of carbonyl (C=O) groups is 1. The first-order valence-electron chi connectivity index (χ1n) is 10.7. The molecule has 0 aliphatic carbocycles. The molecule has 0 radical (unpaired) electrons. The van der Waals surface area contributed by atoms with E-state index >= 15 is 4.39 Å². The normalized spacial score (nSPS) is 12.4. The number of nitrogens with zero attached hydrogens (tertiary/aromatic N) is 3. The number of aromatic nitrogens is 3. The number of aromatic amines is 1. The summed E-state index contributed by atoms with van der Waals surface area (Å²) in [5, 5.41) is 16.2. The highest BCUT2D eigenvalue weighted by Crippen LogP contribution is 2.39. The summed E-state index contributed by atoms with van der Waals surface area (Å²) in [4.78, 5) is 15.5. The van der Waals surface area contributed by atoms with Gasteiger partial charge in [-0.2, -0.15) is 23.5 Å². The molecular formula is C24H19F5N6O2. The molecule has 1 unspecified atom stereocenters. The van der Waals surface area contributed by atoms with Crippen molar-refractivity contribution in [2.75, 3.05) is 12.8 Å². The molecule has 2 heterocycles. The SMILES string of the molecule is COc1ccc(F)cc1C(=O)NCc1cc(F)c(-c2nn(C(C)C(F)(F)F)c(N)c2C#N)c2cc[nH]c12. The first-order chi connectivity index (χ1) is 17.5. The predicted molar refractivity (Wildman–Crippen MR) is 123 cm³/mol. The summed E-state index contributed by atoms with van der Waals surface area (Å²) in [6.45, 7) is 0.620. The van der Waals surface area contributed by atoms with Gasteiger partial charge in [0.2, 0.25) is 0 Å². The van der Waals surface area contributed by atoms with Gasteiger partial charge in [-0.15, -0.1) is 0 Å². The number of hydrogen-bond acceptors (Lipinski definition) is 5. The van der Waals surface area contributed by atoms with Gasteiger partial charge in [0.1, 0.15) is 46.6 Å². The van der Waals surface area contributed by atoms with E-state index in [2.05, 4.69) is 15.4 Å². The van der Waals surface area contributed by atoms with Crippen molar-refractivity contribution < 1.29 is 31.5 Å². The Bertz CT molecular complexity index is 1550. The van der Waals surface area contributed by atoms with E-state index in [1.807, 2.05) is 0 Å². The number of anilines is 1. The summed E-state index contributed by atoms with van der Waals surface area (Å²) >= 11 is 0. The second kappa shape index (κ2) is 9.45. The van der Waals surface area contributed by atoms with Gasteiger partial charge in [-0.1, -0.05) is 0 Å². The Morgan fingerprint density at radius 1 is 1.30 bits per heavy atom. The summed E-state index contributed by atoms with van der Waals surface area (Å²) < 4.78 is 74.5. The molecule has 4 aromatic rings. The fraction of sp³-hybridized carbons (Fsp3) is 0.208. The van der Waals surface area contributed by atoms with Gasteiger partial charge in [0, 0.05) is 23.7 Å². The highest BCUT2D eigenvalue weighted by molar-refractivity contribution is 5.99. The number of alkyl halides is 3. The summed E-state index contributed by atoms with van der Waals surface area (Å²) in [5.41, 5.74) is 5.35. The molecule has 2 aromatic carbocycles. The molecular weight excluding hydrogens is 499 g/mol. The fourth-order valence-electron chi connectivity index (χ4n) is 3.94. The van der Waals surface area contributed by atoms with Gasteiger partial charge in [-0.25, -0.2) is 13.5 Å². The Hall–Kier alpha value is -4.60. The number of fused-ring (bicyclic) bond motifs is 1. The van der Waals surface area contributed by atoms with E-state index in [1.165, 1.54) is 25.4 Å². The zero-order valence-electron chi connectivity index (χ0n) is 19.4. The minimum absolute atomic E-state index is 0.0687. The lowest BCUT2D eigenvalue weighted by Gasteiger charge is -2.17. The highest BCUT2D eigenvalue weighted by Gasteiger charge is 2.40. The molecule has 13 heteroatoms. The molecule has 2 aromatic heterocycles. The van der Waals surface area contributed by atoms with Crippen LogP contribution in [0.3, 0.4) is 0 Å². The Morgan fingerprint density at radius 3 is 2.68 bits per heavy atom. The number of nitriles is 1. The molecule has 0 spiro atoms. The Balaban J connectivity index is 1.74. The van der Waals surface area contributed by atoms with E-state index in [9.17, 15) is 27.6 Å². The second-order valence-electron chi connectivity index (χ2n) is 8.07. The van der Waals surface area contributed by atoms with Gasteiger partial charge in [-0.05, 0) is 42.8 Å². The third-order valence-electron chi connectivity index (χ3n) is 5.86. The van der Waals surface area contributed by atoms with Crippen LogP contribution in [0, 0.1) is 23.0 Å². The standard InChI is InChI=1S/C24H19F5N6O2/c1-11(24(27,28)29)35-22(31)16(9-30)21(34-35)19-14-5-6-32-20(14)12(7-17(19)26)10-33-23(36)15-8-13(25)3-4-18(15)37-2/h3-8,11,32H,10,31H2,1-2H3,(H,33,36). The molecule has 4 rings (SSSR count). The summed E-state index contributed by atoms with van der Waals surface area (Å²) in [7, 11) is 1.32. The van der Waals surface area contributed by atoms with Crippen LogP contribution in [0.15, 0.2) is 36.5 Å². The molecule has 0 aliphatic heterocycles. The number of hydrogen-bond donors (Lipinski definition) is 3. The average molecular weight is 518 g/mol. The maximum Gasteiger partial charge on any atom is 0.410 e. The molecule has 0 aliphatic rings. The average Bonchev–Trinajstić information content (AvgIpc) is 3.45. The predicted octanol–water partition coefficient (Wildman–Crippen LogP) is 4.83. The van der Waals surface area contributed by atoms with E-state index in [0.717, 1.165) is 25.1 Å². The highest BCUT2D eigenvalue weighted by atomic mass is 19.4. The number of amides is 1. The lowest BCUT2D eigenvalue weighted by atomic mass is 10.00. The first kappa shape index (κ1) is 25.5. The van der Waals surface area contributed by atoms with E-state index in [0.29, 0.717) is 10.2 Å². The quantitative estimate of drug-likeness (QED) is 0.316. The van der Waals surface area contributed by atoms with Gasteiger partial charge in [-0.3, -0.25) is 4.79 Å². The van der Waals surface area contributed by atoms with E-state index < -0.39 is 41.1 Å². The zero-order valence-corrected chi connectivity index (χ0v) is 19.4. The summed E-state index contributed by atoms with van der Waals surface area (Å²) in [5.74, 6) is -2.65. The molecule has 8 nitrogen and oxygen atoms in total. The first-order valence-corrected chi connectivity index (χ1v) is 10.7. The maximum absolute atomic E-state index is 15.4. The third kappa shape index (κ3) is 4.53. The number of ether oxygens (including phenoxy) is 1. The molecule has 1 atom stereocenters. The van der Waals surface area contributed by atoms with Gasteiger partial charge < -0.3 is 20.8 Å². The van der Waals surface area contributed by atoms with Crippen molar-refractivity contribution in [3.63, 3.8) is 0 Å². The molecule has 0 saturated heterocycles. The Morgan fingerprint density at radius 2 is 2.03 bits per heavy atom. The van der Waals surface area contributed by atoms with Crippen molar-refractivity contribution in [1.82, 2.24) is 20.1 Å². The molecule has 37 heavy (non-hydrogen) atoms. The van der Waals surface area contributed by atoms with Crippen LogP contribution in [0.2, 0.25) is 0 Å². The van der Waals surface area contributed by atoms with Gasteiger partial charge in [0.25, 0.3) is 5.91 Å². The minimum Gasteiger partial charge on any atom is -0.496 e. The monoisotopic (exact) mass is 518 g/mol. The Kier molecular flexibility index (Phi) is 6.51. The number of nitrogens with two attached hydrogens (primary N) is 1. The zero-order chi connectivity index (χ0) is 27.1. The number of methoxy groups -OCH3 is 1. The molecule has 0 bridgehead atoms.